The molecule has 0 aromatic heterocycles. The summed E-state index contributed by atoms with van der Waals surface area (Å²) >= 11 is 6.75. The average Bonchev–Trinajstić information content (AvgIpc) is 3.08. The van der Waals surface area contributed by atoms with Crippen LogP contribution in [-0.4, -0.2) is 171 Å². The molecule has 0 aliphatic carbocycles. The lowest BCUT2D eigenvalue weighted by Crippen LogP contribution is -2.47. The number of ether oxygens (including phenoxy) is 3. The SMILES string of the molecule is CCC(O)CSCCCCOC(OCCCSCCC(O)CO)C(COCCCSCC(O)CO)NCCCCCSCC(O)CO. The largest absolute Gasteiger partial charge is 0.394 e. The highest BCUT2D eigenvalue weighted by molar-refractivity contribution is 7.99. The summed E-state index contributed by atoms with van der Waals surface area (Å²) in [5, 5.41) is 68.9. The molecule has 0 amide bonds. The molecule has 0 heterocycles. The van der Waals surface area contributed by atoms with Gasteiger partial charge in [-0.05, 0) is 86.7 Å². The van der Waals surface area contributed by atoms with Crippen LogP contribution in [0.4, 0.5) is 0 Å². The number of nitrogens with one attached hydrogen (secondary N) is 1. The molecule has 0 spiro atoms. The molecule has 0 fully saturated rings. The molecular formula is C32H67NO10S4. The Morgan fingerprint density at radius 2 is 1.09 bits per heavy atom. The minimum atomic E-state index is -0.692. The van der Waals surface area contributed by atoms with Crippen molar-refractivity contribution in [3.05, 3.63) is 0 Å². The van der Waals surface area contributed by atoms with Crippen molar-refractivity contribution in [2.75, 3.05) is 98.8 Å². The molecule has 6 unspecified atom stereocenters. The third kappa shape index (κ3) is 32.6. The Kier molecular flexibility index (Phi) is 37.5. The molecule has 11 nitrogen and oxygen atoms in total. The second-order valence-corrected chi connectivity index (χ2v) is 16.1. The predicted molar refractivity (Wildman–Crippen MR) is 200 cm³/mol. The monoisotopic (exact) mass is 753 g/mol. The quantitative estimate of drug-likeness (QED) is 0.0340. The Bertz CT molecular complexity index is 614. The first-order valence-electron chi connectivity index (χ1n) is 17.3. The Balaban J connectivity index is 4.92. The number of aliphatic hydroxyl groups is 7. The van der Waals surface area contributed by atoms with Crippen molar-refractivity contribution in [3.63, 3.8) is 0 Å². The van der Waals surface area contributed by atoms with Crippen LogP contribution in [0.5, 0.6) is 0 Å². The van der Waals surface area contributed by atoms with Crippen LogP contribution in [0.25, 0.3) is 0 Å². The summed E-state index contributed by atoms with van der Waals surface area (Å²) in [6.45, 7) is 4.24. The fourth-order valence-electron chi connectivity index (χ4n) is 3.94. The van der Waals surface area contributed by atoms with Crippen LogP contribution >= 0.6 is 47.0 Å². The van der Waals surface area contributed by atoms with Gasteiger partial charge in [-0.1, -0.05) is 13.3 Å². The Morgan fingerprint density at radius 3 is 1.70 bits per heavy atom. The van der Waals surface area contributed by atoms with E-state index in [4.69, 9.17) is 29.5 Å². The van der Waals surface area contributed by atoms with E-state index in [9.17, 15) is 20.4 Å². The Hall–Kier alpha value is 0.960. The van der Waals surface area contributed by atoms with Gasteiger partial charge in [-0.15, -0.1) is 0 Å². The standard InChI is InChI=1S/C32H67NO10S4/c1-2-27(37)24-45-16-7-5-13-42-32(43-14-9-17-44-19-10-28(38)20-34)31(23-41-12-8-18-47-26-30(40)22-36)33-11-4-3-6-15-46-25-29(39)21-35/h27-40H,2-26H2,1H3. The summed E-state index contributed by atoms with van der Waals surface area (Å²) < 4.78 is 18.7. The maximum atomic E-state index is 9.77. The van der Waals surface area contributed by atoms with Crippen LogP contribution in [0, 0.1) is 0 Å². The van der Waals surface area contributed by atoms with Crippen molar-refractivity contribution in [1.29, 1.82) is 0 Å². The molecule has 0 saturated heterocycles. The third-order valence-electron chi connectivity index (χ3n) is 6.89. The van der Waals surface area contributed by atoms with Gasteiger partial charge in [-0.3, -0.25) is 0 Å². The zero-order chi connectivity index (χ0) is 34.8. The van der Waals surface area contributed by atoms with Gasteiger partial charge in [-0.25, -0.2) is 0 Å². The molecule has 0 aromatic carbocycles. The topological polar surface area (TPSA) is 181 Å². The molecular weight excluding hydrogens is 687 g/mol. The van der Waals surface area contributed by atoms with E-state index in [-0.39, 0.29) is 32.0 Å². The lowest BCUT2D eigenvalue weighted by atomic mass is 10.2. The second-order valence-electron chi connectivity index (χ2n) is 11.4. The number of rotatable bonds is 38. The summed E-state index contributed by atoms with van der Waals surface area (Å²) in [5.41, 5.74) is 0. The van der Waals surface area contributed by atoms with Gasteiger partial charge >= 0.3 is 0 Å². The molecule has 0 aliphatic rings. The highest BCUT2D eigenvalue weighted by Crippen LogP contribution is 2.13. The van der Waals surface area contributed by atoms with E-state index in [1.165, 1.54) is 0 Å². The molecule has 0 rings (SSSR count). The van der Waals surface area contributed by atoms with Crippen molar-refractivity contribution in [2.24, 2.45) is 0 Å². The summed E-state index contributed by atoms with van der Waals surface area (Å²) in [7, 11) is 0. The van der Waals surface area contributed by atoms with Crippen molar-refractivity contribution >= 4 is 47.0 Å². The van der Waals surface area contributed by atoms with E-state index in [1.54, 1.807) is 47.0 Å². The molecule has 0 radical (unpaired) electrons. The van der Waals surface area contributed by atoms with Crippen LogP contribution < -0.4 is 5.32 Å². The summed E-state index contributed by atoms with van der Waals surface area (Å²) in [6, 6.07) is -0.158. The van der Waals surface area contributed by atoms with Crippen LogP contribution in [0.2, 0.25) is 0 Å². The third-order valence-corrected chi connectivity index (χ3v) is 11.6. The van der Waals surface area contributed by atoms with Crippen LogP contribution in [-0.2, 0) is 14.2 Å². The first kappa shape index (κ1) is 48.0. The molecule has 0 aromatic rings. The lowest BCUT2D eigenvalue weighted by Gasteiger charge is -2.28. The minimum absolute atomic E-state index is 0.158. The summed E-state index contributed by atoms with van der Waals surface area (Å²) in [4.78, 5) is 0. The molecule has 0 bridgehead atoms. The second kappa shape index (κ2) is 36.7. The van der Waals surface area contributed by atoms with Crippen LogP contribution in [0.15, 0.2) is 0 Å². The van der Waals surface area contributed by atoms with E-state index >= 15 is 0 Å². The Labute approximate surface area is 301 Å². The molecule has 6 atom stereocenters. The number of aliphatic hydroxyl groups excluding tert-OH is 7. The van der Waals surface area contributed by atoms with Crippen LogP contribution in [0.3, 0.4) is 0 Å². The minimum Gasteiger partial charge on any atom is -0.394 e. The van der Waals surface area contributed by atoms with E-state index in [0.717, 1.165) is 92.4 Å². The smallest absolute Gasteiger partial charge is 0.174 e. The fourth-order valence-corrected chi connectivity index (χ4v) is 7.81. The fraction of sp³-hybridized carbons (Fsp3) is 1.00. The number of hydrogen-bond acceptors (Lipinski definition) is 15. The van der Waals surface area contributed by atoms with Crippen molar-refractivity contribution < 1.29 is 50.0 Å². The van der Waals surface area contributed by atoms with Gasteiger partial charge in [0.25, 0.3) is 0 Å². The number of thioether (sulfide) groups is 4. The van der Waals surface area contributed by atoms with Gasteiger partial charge in [0.2, 0.25) is 0 Å². The van der Waals surface area contributed by atoms with Gasteiger partial charge in [0, 0.05) is 30.5 Å². The number of hydrogen-bond donors (Lipinski definition) is 8. The van der Waals surface area contributed by atoms with Gasteiger partial charge in [0.1, 0.15) is 0 Å². The maximum Gasteiger partial charge on any atom is 0.174 e. The van der Waals surface area contributed by atoms with Crippen molar-refractivity contribution in [1.82, 2.24) is 5.32 Å². The van der Waals surface area contributed by atoms with E-state index in [2.05, 4.69) is 5.32 Å². The molecule has 0 aliphatic heterocycles. The first-order valence-corrected chi connectivity index (χ1v) is 21.9. The zero-order valence-corrected chi connectivity index (χ0v) is 31.9. The molecule has 284 valence electrons. The van der Waals surface area contributed by atoms with Gasteiger partial charge in [0.05, 0.1) is 63.5 Å². The maximum absolute atomic E-state index is 9.77. The summed E-state index contributed by atoms with van der Waals surface area (Å²) in [5.74, 6) is 6.23. The highest BCUT2D eigenvalue weighted by Gasteiger charge is 2.23. The van der Waals surface area contributed by atoms with Crippen LogP contribution in [0.1, 0.15) is 64.7 Å². The molecule has 15 heteroatoms. The predicted octanol–water partition coefficient (Wildman–Crippen LogP) is 2.20. The Morgan fingerprint density at radius 1 is 0.553 bits per heavy atom. The van der Waals surface area contributed by atoms with Gasteiger partial charge in [0.15, 0.2) is 6.29 Å². The highest BCUT2D eigenvalue weighted by atomic mass is 32.2. The molecule has 8 N–H and O–H groups in total. The first-order chi connectivity index (χ1) is 22.9. The number of unbranched alkanes of at least 4 members (excludes halogenated alkanes) is 3. The summed E-state index contributed by atoms with van der Waals surface area (Å²) in [6.07, 6.45) is 5.21. The van der Waals surface area contributed by atoms with E-state index in [0.29, 0.717) is 44.4 Å². The lowest BCUT2D eigenvalue weighted by molar-refractivity contribution is -0.168. The van der Waals surface area contributed by atoms with Gasteiger partial charge in [-0.2, -0.15) is 47.0 Å². The van der Waals surface area contributed by atoms with E-state index < -0.39 is 24.6 Å². The van der Waals surface area contributed by atoms with Crippen molar-refractivity contribution in [3.8, 4) is 0 Å². The normalized spacial score (nSPS) is 15.8. The van der Waals surface area contributed by atoms with Gasteiger partial charge < -0.3 is 55.3 Å². The molecule has 0 saturated carbocycles. The molecule has 47 heavy (non-hydrogen) atoms. The zero-order valence-electron chi connectivity index (χ0n) is 28.6. The van der Waals surface area contributed by atoms with E-state index in [1.807, 2.05) is 6.92 Å². The van der Waals surface area contributed by atoms with Crippen molar-refractivity contribution in [2.45, 2.75) is 101 Å². The average molecular weight is 754 g/mol.